The molecule has 140 valence electrons. The van der Waals surface area contributed by atoms with Crippen molar-refractivity contribution in [3.8, 4) is 0 Å². The number of ether oxygens (including phenoxy) is 1. The number of anilines is 1. The number of carbonyl (C=O) groups excluding carboxylic acids is 2. The van der Waals surface area contributed by atoms with Gasteiger partial charge in [0.25, 0.3) is 5.91 Å². The number of nitrogens with one attached hydrogen (secondary N) is 1. The minimum Gasteiger partial charge on any atom is -0.460 e. The predicted octanol–water partition coefficient (Wildman–Crippen LogP) is 2.18. The van der Waals surface area contributed by atoms with Crippen molar-refractivity contribution in [2.24, 2.45) is 5.41 Å². The van der Waals surface area contributed by atoms with Gasteiger partial charge in [0.1, 0.15) is 6.10 Å². The van der Waals surface area contributed by atoms with Crippen LogP contribution in [0.4, 0.5) is 5.69 Å². The maximum atomic E-state index is 12.9. The van der Waals surface area contributed by atoms with Crippen LogP contribution in [-0.4, -0.2) is 53.7 Å². The summed E-state index contributed by atoms with van der Waals surface area (Å²) in [7, 11) is 0. The predicted molar refractivity (Wildman–Crippen MR) is 96.9 cm³/mol. The largest absolute Gasteiger partial charge is 0.460 e. The Morgan fingerprint density at radius 2 is 2.12 bits per heavy atom. The van der Waals surface area contributed by atoms with Gasteiger partial charge < -0.3 is 20.1 Å². The second kappa shape index (κ2) is 6.91. The van der Waals surface area contributed by atoms with Gasteiger partial charge >= 0.3 is 5.97 Å². The van der Waals surface area contributed by atoms with Crippen molar-refractivity contribution in [1.29, 1.82) is 0 Å². The lowest BCUT2D eigenvalue weighted by molar-refractivity contribution is -0.152. The van der Waals surface area contributed by atoms with Gasteiger partial charge in [-0.2, -0.15) is 0 Å². The molecule has 0 aromatic heterocycles. The summed E-state index contributed by atoms with van der Waals surface area (Å²) < 4.78 is 5.54. The summed E-state index contributed by atoms with van der Waals surface area (Å²) in [6.45, 7) is 1.57. The number of cyclic esters (lactones) is 1. The molecule has 1 aromatic rings. The molecule has 6 nitrogen and oxygen atoms in total. The van der Waals surface area contributed by atoms with Crippen LogP contribution < -0.4 is 5.32 Å². The lowest BCUT2D eigenvalue weighted by Gasteiger charge is -2.33. The number of benzene rings is 1. The van der Waals surface area contributed by atoms with E-state index in [0.717, 1.165) is 44.2 Å². The first-order chi connectivity index (χ1) is 12.6. The number of amides is 1. The van der Waals surface area contributed by atoms with E-state index in [1.165, 1.54) is 0 Å². The zero-order valence-corrected chi connectivity index (χ0v) is 14.9. The summed E-state index contributed by atoms with van der Waals surface area (Å²) in [6, 6.07) is 7.42. The van der Waals surface area contributed by atoms with Crippen molar-refractivity contribution in [3.63, 3.8) is 0 Å². The van der Waals surface area contributed by atoms with Crippen molar-refractivity contribution in [2.45, 2.75) is 50.7 Å². The van der Waals surface area contributed by atoms with Crippen LogP contribution in [0.3, 0.4) is 0 Å². The quantitative estimate of drug-likeness (QED) is 0.807. The molecule has 2 heterocycles. The molecule has 2 saturated heterocycles. The number of β-amino-alcohol motifs (C(OH)–C–C–N with tert-alkyl or cyclic N) is 1. The number of hydrogen-bond donors (Lipinski definition) is 2. The summed E-state index contributed by atoms with van der Waals surface area (Å²) in [5.41, 5.74) is 1.12. The normalized spacial score (nSPS) is 27.1. The van der Waals surface area contributed by atoms with Crippen molar-refractivity contribution < 1.29 is 19.4 Å². The molecule has 3 aliphatic rings. The number of esters is 1. The highest BCUT2D eigenvalue weighted by Gasteiger charge is 2.52. The maximum Gasteiger partial charge on any atom is 0.312 e. The summed E-state index contributed by atoms with van der Waals surface area (Å²) in [5.74, 6) is -0.118. The number of aliphatic hydroxyl groups is 1. The Kier molecular flexibility index (Phi) is 4.61. The van der Waals surface area contributed by atoms with E-state index in [1.807, 2.05) is 18.2 Å². The van der Waals surface area contributed by atoms with E-state index in [-0.39, 0.29) is 23.4 Å². The van der Waals surface area contributed by atoms with Crippen molar-refractivity contribution in [2.75, 3.05) is 25.0 Å². The number of likely N-dealkylation sites (tertiary alicyclic amines) is 1. The molecule has 26 heavy (non-hydrogen) atoms. The van der Waals surface area contributed by atoms with Crippen molar-refractivity contribution >= 4 is 17.6 Å². The van der Waals surface area contributed by atoms with Gasteiger partial charge in [0, 0.05) is 25.2 Å². The summed E-state index contributed by atoms with van der Waals surface area (Å²) in [5, 5.41) is 13.1. The van der Waals surface area contributed by atoms with Crippen LogP contribution >= 0.6 is 0 Å². The molecule has 2 N–H and O–H groups in total. The number of carbonyl (C=O) groups is 2. The van der Waals surface area contributed by atoms with Crippen molar-refractivity contribution in [3.05, 3.63) is 29.8 Å². The van der Waals surface area contributed by atoms with Crippen LogP contribution in [0.2, 0.25) is 0 Å². The molecule has 2 atom stereocenters. The van der Waals surface area contributed by atoms with Crippen molar-refractivity contribution in [1.82, 2.24) is 4.90 Å². The number of nitrogens with zero attached hydrogens (tertiary/aromatic N) is 1. The van der Waals surface area contributed by atoms with Gasteiger partial charge in [0.2, 0.25) is 0 Å². The number of aliphatic hydroxyl groups excluding tert-OH is 1. The maximum absolute atomic E-state index is 12.9. The average Bonchev–Trinajstić information content (AvgIpc) is 2.96. The molecule has 2 aliphatic heterocycles. The fourth-order valence-electron chi connectivity index (χ4n) is 4.32. The minimum absolute atomic E-state index is 0.0535. The van der Waals surface area contributed by atoms with Crippen LogP contribution in [-0.2, 0) is 9.53 Å². The smallest absolute Gasteiger partial charge is 0.312 e. The van der Waals surface area contributed by atoms with Gasteiger partial charge in [-0.25, -0.2) is 0 Å². The Morgan fingerprint density at radius 3 is 2.81 bits per heavy atom. The third-order valence-electron chi connectivity index (χ3n) is 6.00. The first-order valence-corrected chi connectivity index (χ1v) is 9.59. The molecule has 4 rings (SSSR count). The minimum atomic E-state index is -0.440. The highest BCUT2D eigenvalue weighted by atomic mass is 16.6. The fourth-order valence-corrected chi connectivity index (χ4v) is 4.32. The van der Waals surface area contributed by atoms with E-state index in [9.17, 15) is 14.7 Å². The first-order valence-electron chi connectivity index (χ1n) is 9.59. The zero-order valence-electron chi connectivity index (χ0n) is 14.9. The highest BCUT2D eigenvalue weighted by molar-refractivity contribution is 5.99. The Labute approximate surface area is 153 Å². The van der Waals surface area contributed by atoms with E-state index in [0.29, 0.717) is 25.2 Å². The Hall–Kier alpha value is -2.08. The molecule has 1 aromatic carbocycles. The number of piperidine rings is 1. The highest BCUT2D eigenvalue weighted by Crippen LogP contribution is 2.50. The molecule has 0 bridgehead atoms. The second-order valence-corrected chi connectivity index (χ2v) is 7.84. The lowest BCUT2D eigenvalue weighted by atomic mass is 9.67. The van der Waals surface area contributed by atoms with Gasteiger partial charge in [-0.3, -0.25) is 9.59 Å². The van der Waals surface area contributed by atoms with E-state index in [1.54, 1.807) is 11.0 Å². The molecule has 1 amide bonds. The van der Waals surface area contributed by atoms with E-state index >= 15 is 0 Å². The lowest BCUT2D eigenvalue weighted by Crippen LogP contribution is -2.42. The molecule has 1 saturated carbocycles. The molecular weight excluding hydrogens is 332 g/mol. The molecular formula is C20H26N2O4. The Morgan fingerprint density at radius 1 is 1.31 bits per heavy atom. The summed E-state index contributed by atoms with van der Waals surface area (Å²) in [4.78, 5) is 26.7. The van der Waals surface area contributed by atoms with E-state index < -0.39 is 6.10 Å². The standard InChI is InChI=1S/C20H26N2O4/c23-14-5-3-10-22(13-14)18(24)16-6-1-2-7-17(16)21-12-15-11-20(8-4-9-20)19(25)26-15/h1-2,6-7,14-15,21,23H,3-5,8-13H2/t14-,15-/m1/s1. The van der Waals surface area contributed by atoms with Gasteiger partial charge in [-0.1, -0.05) is 18.6 Å². The Balaban J connectivity index is 1.41. The average molecular weight is 358 g/mol. The molecule has 1 aliphatic carbocycles. The second-order valence-electron chi connectivity index (χ2n) is 7.84. The van der Waals surface area contributed by atoms with Gasteiger partial charge in [0.15, 0.2) is 0 Å². The third kappa shape index (κ3) is 3.18. The molecule has 3 fully saturated rings. The zero-order chi connectivity index (χ0) is 18.1. The Bertz CT molecular complexity index is 701. The number of hydrogen-bond acceptors (Lipinski definition) is 5. The van der Waals surface area contributed by atoms with Crippen LogP contribution in [0.15, 0.2) is 24.3 Å². The SMILES string of the molecule is O=C(c1ccccc1NC[C@H]1CC2(CCC2)C(=O)O1)N1CCC[C@@H](O)C1. The molecule has 6 heteroatoms. The summed E-state index contributed by atoms with van der Waals surface area (Å²) >= 11 is 0. The van der Waals surface area contributed by atoms with Gasteiger partial charge in [0.05, 0.1) is 23.6 Å². The molecule has 1 spiro atoms. The molecule has 0 unspecified atom stereocenters. The van der Waals surface area contributed by atoms with Gasteiger partial charge in [-0.15, -0.1) is 0 Å². The third-order valence-corrected chi connectivity index (χ3v) is 6.00. The topological polar surface area (TPSA) is 78.9 Å². The monoisotopic (exact) mass is 358 g/mol. The van der Waals surface area contributed by atoms with Crippen LogP contribution in [0.1, 0.15) is 48.9 Å². The van der Waals surface area contributed by atoms with Gasteiger partial charge in [-0.05, 0) is 37.8 Å². The van der Waals surface area contributed by atoms with E-state index in [2.05, 4.69) is 5.32 Å². The van der Waals surface area contributed by atoms with Crippen LogP contribution in [0, 0.1) is 5.41 Å². The number of rotatable bonds is 4. The molecule has 0 radical (unpaired) electrons. The van der Waals surface area contributed by atoms with E-state index in [4.69, 9.17) is 4.74 Å². The fraction of sp³-hybridized carbons (Fsp3) is 0.600. The first kappa shape index (κ1) is 17.3. The van der Waals surface area contributed by atoms with Crippen LogP contribution in [0.25, 0.3) is 0 Å². The van der Waals surface area contributed by atoms with Crippen LogP contribution in [0.5, 0.6) is 0 Å². The number of para-hydroxylation sites is 1. The summed E-state index contributed by atoms with van der Waals surface area (Å²) in [6.07, 6.45) is 4.75.